The minimum absolute atomic E-state index is 0.460. The zero-order chi connectivity index (χ0) is 17.5. The van der Waals surface area contributed by atoms with E-state index in [-0.39, 0.29) is 0 Å². The van der Waals surface area contributed by atoms with E-state index < -0.39 is 0 Å². The number of ether oxygens (including phenoxy) is 1. The number of nitrogens with zero attached hydrogens (tertiary/aromatic N) is 3. The van der Waals surface area contributed by atoms with Gasteiger partial charge in [-0.2, -0.15) is 5.26 Å². The fourth-order valence-corrected chi connectivity index (χ4v) is 2.33. The Kier molecular flexibility index (Phi) is 5.22. The lowest BCUT2D eigenvalue weighted by Gasteiger charge is -2.04. The highest BCUT2D eigenvalue weighted by Gasteiger charge is 2.11. The van der Waals surface area contributed by atoms with Crippen LogP contribution in [0.25, 0.3) is 17.5 Å². The highest BCUT2D eigenvalue weighted by molar-refractivity contribution is 5.53. The summed E-state index contributed by atoms with van der Waals surface area (Å²) in [6, 6.07) is 15.4. The van der Waals surface area contributed by atoms with E-state index in [1.807, 2.05) is 49.4 Å². The molecule has 5 nitrogen and oxygen atoms in total. The van der Waals surface area contributed by atoms with Crippen molar-refractivity contribution in [1.82, 2.24) is 9.97 Å². The van der Waals surface area contributed by atoms with Crippen molar-refractivity contribution in [2.24, 2.45) is 0 Å². The zero-order valence-corrected chi connectivity index (χ0v) is 13.8. The number of rotatable bonds is 6. The fourth-order valence-electron chi connectivity index (χ4n) is 2.33. The Labute approximate surface area is 146 Å². The van der Waals surface area contributed by atoms with Gasteiger partial charge < -0.3 is 9.15 Å². The van der Waals surface area contributed by atoms with Crippen LogP contribution in [0.3, 0.4) is 0 Å². The third kappa shape index (κ3) is 4.33. The van der Waals surface area contributed by atoms with E-state index in [1.165, 1.54) is 6.08 Å². The number of allylic oxidation sites excluding steroid dienone is 1. The first-order chi connectivity index (χ1) is 12.3. The molecular formula is C20H17N3O2. The molecule has 0 N–H and O–H groups in total. The molecule has 0 aliphatic heterocycles. The molecule has 3 aromatic rings. The summed E-state index contributed by atoms with van der Waals surface area (Å²) < 4.78 is 11.4. The Balaban J connectivity index is 1.58. The number of nitriles is 1. The maximum Gasteiger partial charge on any atom is 0.226 e. The Morgan fingerprint density at radius 3 is 2.76 bits per heavy atom. The van der Waals surface area contributed by atoms with Gasteiger partial charge in [-0.3, -0.25) is 0 Å². The third-order valence-corrected chi connectivity index (χ3v) is 3.61. The summed E-state index contributed by atoms with van der Waals surface area (Å²) in [5.74, 6) is 1.96. The van der Waals surface area contributed by atoms with Crippen molar-refractivity contribution in [3.8, 4) is 23.4 Å². The molecule has 0 saturated heterocycles. The van der Waals surface area contributed by atoms with Gasteiger partial charge in [-0.1, -0.05) is 18.2 Å². The maximum absolute atomic E-state index is 8.51. The molecule has 25 heavy (non-hydrogen) atoms. The molecule has 0 fully saturated rings. The monoisotopic (exact) mass is 331 g/mol. The van der Waals surface area contributed by atoms with Crippen LogP contribution in [0.4, 0.5) is 0 Å². The highest BCUT2D eigenvalue weighted by Crippen LogP contribution is 2.21. The van der Waals surface area contributed by atoms with Gasteiger partial charge >= 0.3 is 0 Å². The first-order valence-corrected chi connectivity index (χ1v) is 7.93. The zero-order valence-electron chi connectivity index (χ0n) is 13.8. The largest absolute Gasteiger partial charge is 0.477 e. The minimum Gasteiger partial charge on any atom is -0.477 e. The van der Waals surface area contributed by atoms with Gasteiger partial charge in [0.05, 0.1) is 18.4 Å². The standard InChI is InChI=1S/C20H17N3O2/c1-15-18(23-20(25-15)17-7-3-2-4-8-17)11-13-24-19-10-9-16(14-22-19)6-5-12-21/h2-10,14H,11,13H2,1H3/b6-5+. The van der Waals surface area contributed by atoms with E-state index in [2.05, 4.69) is 9.97 Å². The Bertz CT molecular complexity index is 891. The molecule has 2 aromatic heterocycles. The van der Waals surface area contributed by atoms with Crippen LogP contribution in [0.2, 0.25) is 0 Å². The molecule has 0 spiro atoms. The molecule has 0 unspecified atom stereocenters. The van der Waals surface area contributed by atoms with Crippen molar-refractivity contribution in [3.63, 3.8) is 0 Å². The van der Waals surface area contributed by atoms with Crippen LogP contribution in [0.1, 0.15) is 17.0 Å². The summed E-state index contributed by atoms with van der Waals surface area (Å²) in [6.45, 7) is 2.37. The van der Waals surface area contributed by atoms with Crippen molar-refractivity contribution in [2.45, 2.75) is 13.3 Å². The average molecular weight is 331 g/mol. The summed E-state index contributed by atoms with van der Waals surface area (Å²) in [5.41, 5.74) is 2.70. The lowest BCUT2D eigenvalue weighted by molar-refractivity contribution is 0.307. The first kappa shape index (κ1) is 16.5. The first-order valence-electron chi connectivity index (χ1n) is 7.93. The van der Waals surface area contributed by atoms with Gasteiger partial charge in [0.15, 0.2) is 0 Å². The molecule has 1 aromatic carbocycles. The summed E-state index contributed by atoms with van der Waals surface area (Å²) >= 11 is 0. The van der Waals surface area contributed by atoms with E-state index in [1.54, 1.807) is 18.3 Å². The normalized spacial score (nSPS) is 10.7. The molecule has 0 radical (unpaired) electrons. The van der Waals surface area contributed by atoms with E-state index in [0.717, 1.165) is 22.6 Å². The summed E-state index contributed by atoms with van der Waals surface area (Å²) in [6.07, 6.45) is 5.41. The predicted octanol–water partition coefficient (Wildman–Crippen LogP) is 4.20. The number of pyridine rings is 1. The minimum atomic E-state index is 0.460. The fraction of sp³-hybridized carbons (Fsp3) is 0.150. The number of aryl methyl sites for hydroxylation is 1. The third-order valence-electron chi connectivity index (χ3n) is 3.61. The average Bonchev–Trinajstić information content (AvgIpc) is 3.03. The van der Waals surface area contributed by atoms with E-state index in [9.17, 15) is 0 Å². The molecule has 0 aliphatic rings. The second-order valence-electron chi connectivity index (χ2n) is 5.38. The Morgan fingerprint density at radius 1 is 1.20 bits per heavy atom. The molecule has 0 bridgehead atoms. The van der Waals surface area contributed by atoms with Crippen LogP contribution in [0, 0.1) is 18.3 Å². The summed E-state index contributed by atoms with van der Waals surface area (Å²) in [5, 5.41) is 8.51. The highest BCUT2D eigenvalue weighted by atomic mass is 16.5. The van der Waals surface area contributed by atoms with Gasteiger partial charge in [-0.25, -0.2) is 9.97 Å². The lowest BCUT2D eigenvalue weighted by atomic mass is 10.2. The van der Waals surface area contributed by atoms with Gasteiger partial charge in [0, 0.05) is 30.3 Å². The van der Waals surface area contributed by atoms with Gasteiger partial charge in [0.25, 0.3) is 0 Å². The molecule has 0 aliphatic carbocycles. The quantitative estimate of drug-likeness (QED) is 0.633. The van der Waals surface area contributed by atoms with E-state index in [0.29, 0.717) is 24.8 Å². The lowest BCUT2D eigenvalue weighted by Crippen LogP contribution is -2.03. The Hall–Kier alpha value is -3.39. The van der Waals surface area contributed by atoms with Crippen LogP contribution in [-0.2, 0) is 6.42 Å². The number of oxazole rings is 1. The Morgan fingerprint density at radius 2 is 2.04 bits per heavy atom. The molecule has 0 atom stereocenters. The maximum atomic E-state index is 8.51. The summed E-state index contributed by atoms with van der Waals surface area (Å²) in [7, 11) is 0. The second-order valence-corrected chi connectivity index (χ2v) is 5.38. The topological polar surface area (TPSA) is 71.9 Å². The second kappa shape index (κ2) is 7.93. The van der Waals surface area contributed by atoms with Crippen molar-refractivity contribution in [2.75, 3.05) is 6.61 Å². The molecule has 5 heteroatoms. The SMILES string of the molecule is Cc1oc(-c2ccccc2)nc1CCOc1ccc(/C=C/C#N)cn1. The van der Waals surface area contributed by atoms with Crippen molar-refractivity contribution in [1.29, 1.82) is 5.26 Å². The number of hydrogen-bond acceptors (Lipinski definition) is 5. The van der Waals surface area contributed by atoms with Crippen LogP contribution >= 0.6 is 0 Å². The van der Waals surface area contributed by atoms with Crippen molar-refractivity contribution < 1.29 is 9.15 Å². The molecule has 124 valence electrons. The molecule has 3 rings (SSSR count). The van der Waals surface area contributed by atoms with Gasteiger partial charge in [0.2, 0.25) is 11.8 Å². The van der Waals surface area contributed by atoms with E-state index >= 15 is 0 Å². The van der Waals surface area contributed by atoms with Crippen LogP contribution in [0.5, 0.6) is 5.88 Å². The molecule has 0 saturated carbocycles. The summed E-state index contributed by atoms with van der Waals surface area (Å²) in [4.78, 5) is 8.76. The van der Waals surface area contributed by atoms with Gasteiger partial charge in [-0.05, 0) is 36.8 Å². The van der Waals surface area contributed by atoms with Crippen molar-refractivity contribution in [3.05, 3.63) is 71.8 Å². The predicted molar refractivity (Wildman–Crippen MR) is 94.8 cm³/mol. The number of aromatic nitrogens is 2. The number of benzene rings is 1. The van der Waals surface area contributed by atoms with Crippen LogP contribution < -0.4 is 4.74 Å². The molecule has 0 amide bonds. The van der Waals surface area contributed by atoms with Crippen LogP contribution in [0.15, 0.2) is 59.2 Å². The van der Waals surface area contributed by atoms with Gasteiger partial charge in [-0.15, -0.1) is 0 Å². The van der Waals surface area contributed by atoms with Crippen LogP contribution in [-0.4, -0.2) is 16.6 Å². The smallest absolute Gasteiger partial charge is 0.226 e. The number of hydrogen-bond donors (Lipinski definition) is 0. The van der Waals surface area contributed by atoms with E-state index in [4.69, 9.17) is 14.4 Å². The van der Waals surface area contributed by atoms with Gasteiger partial charge in [0.1, 0.15) is 5.76 Å². The van der Waals surface area contributed by atoms with Crippen molar-refractivity contribution >= 4 is 6.08 Å². The molecule has 2 heterocycles. The molecular weight excluding hydrogens is 314 g/mol.